The minimum Gasteiger partial charge on any atom is -0.399 e. The molecule has 0 heterocycles. The number of carbonyl (C=O) groups excluding carboxylic acids is 1. The molecular formula is C10H14FN3O3S. The lowest BCUT2D eigenvalue weighted by Crippen LogP contribution is -2.37. The molecule has 1 rings (SSSR count). The Kier molecular flexibility index (Phi) is 4.62. The number of anilines is 1. The van der Waals surface area contributed by atoms with Gasteiger partial charge in [0.2, 0.25) is 15.9 Å². The van der Waals surface area contributed by atoms with Gasteiger partial charge >= 0.3 is 0 Å². The van der Waals surface area contributed by atoms with Gasteiger partial charge in [-0.2, -0.15) is 0 Å². The number of carbonyl (C=O) groups is 1. The highest BCUT2D eigenvalue weighted by Gasteiger charge is 2.19. The number of nitrogens with one attached hydrogen (secondary N) is 2. The maximum atomic E-state index is 13.4. The number of halogens is 1. The van der Waals surface area contributed by atoms with Crippen LogP contribution in [0.5, 0.6) is 0 Å². The molecule has 0 saturated carbocycles. The summed E-state index contributed by atoms with van der Waals surface area (Å²) in [5.41, 5.74) is 5.43. The van der Waals surface area contributed by atoms with Crippen LogP contribution in [0.1, 0.15) is 6.92 Å². The SMILES string of the molecule is CCNC(=O)CNS(=O)(=O)c1ccc(N)cc1F. The third kappa shape index (κ3) is 3.67. The highest BCUT2D eigenvalue weighted by Crippen LogP contribution is 2.16. The van der Waals surface area contributed by atoms with Crippen LogP contribution >= 0.6 is 0 Å². The zero-order valence-corrected chi connectivity index (χ0v) is 10.6. The quantitative estimate of drug-likeness (QED) is 0.649. The van der Waals surface area contributed by atoms with Gasteiger partial charge in [0.1, 0.15) is 10.7 Å². The summed E-state index contributed by atoms with van der Waals surface area (Å²) in [5, 5.41) is 2.41. The van der Waals surface area contributed by atoms with Crippen molar-refractivity contribution >= 4 is 21.6 Å². The van der Waals surface area contributed by atoms with Crippen molar-refractivity contribution in [2.24, 2.45) is 0 Å². The molecule has 6 nitrogen and oxygen atoms in total. The summed E-state index contributed by atoms with van der Waals surface area (Å²) < 4.78 is 38.8. The van der Waals surface area contributed by atoms with E-state index in [4.69, 9.17) is 5.73 Å². The fraction of sp³-hybridized carbons (Fsp3) is 0.300. The van der Waals surface area contributed by atoms with E-state index in [-0.39, 0.29) is 5.69 Å². The monoisotopic (exact) mass is 275 g/mol. The smallest absolute Gasteiger partial charge is 0.243 e. The van der Waals surface area contributed by atoms with E-state index >= 15 is 0 Å². The number of sulfonamides is 1. The molecule has 0 atom stereocenters. The average Bonchev–Trinajstić information content (AvgIpc) is 2.26. The van der Waals surface area contributed by atoms with Gasteiger partial charge in [-0.25, -0.2) is 17.5 Å². The van der Waals surface area contributed by atoms with Crippen molar-refractivity contribution in [2.45, 2.75) is 11.8 Å². The highest BCUT2D eigenvalue weighted by molar-refractivity contribution is 7.89. The molecule has 1 amide bonds. The first kappa shape index (κ1) is 14.4. The number of rotatable bonds is 5. The van der Waals surface area contributed by atoms with Crippen LogP contribution in [0.3, 0.4) is 0 Å². The number of hydrogen-bond acceptors (Lipinski definition) is 4. The zero-order chi connectivity index (χ0) is 13.8. The van der Waals surface area contributed by atoms with E-state index < -0.39 is 33.2 Å². The zero-order valence-electron chi connectivity index (χ0n) is 9.73. The van der Waals surface area contributed by atoms with E-state index in [9.17, 15) is 17.6 Å². The minimum atomic E-state index is -4.06. The van der Waals surface area contributed by atoms with E-state index in [2.05, 4.69) is 5.32 Å². The maximum absolute atomic E-state index is 13.4. The standard InChI is InChI=1S/C10H14FN3O3S/c1-2-13-10(15)6-14-18(16,17)9-4-3-7(12)5-8(9)11/h3-5,14H,2,6,12H2,1H3,(H,13,15). The van der Waals surface area contributed by atoms with Gasteiger partial charge in [0.15, 0.2) is 0 Å². The topological polar surface area (TPSA) is 101 Å². The third-order valence-corrected chi connectivity index (χ3v) is 3.48. The van der Waals surface area contributed by atoms with Crippen LogP contribution in [0.4, 0.5) is 10.1 Å². The lowest BCUT2D eigenvalue weighted by Gasteiger charge is -2.08. The molecule has 0 fully saturated rings. The summed E-state index contributed by atoms with van der Waals surface area (Å²) in [4.78, 5) is 10.6. The largest absolute Gasteiger partial charge is 0.399 e. The minimum absolute atomic E-state index is 0.121. The molecule has 4 N–H and O–H groups in total. The fourth-order valence-corrected chi connectivity index (χ4v) is 2.27. The molecule has 0 saturated heterocycles. The Balaban J connectivity index is 2.83. The van der Waals surface area contributed by atoms with Crippen LogP contribution in [0.2, 0.25) is 0 Å². The lowest BCUT2D eigenvalue weighted by atomic mass is 10.3. The summed E-state index contributed by atoms with van der Waals surface area (Å²) in [6, 6.07) is 3.22. The lowest BCUT2D eigenvalue weighted by molar-refractivity contribution is -0.119. The first-order valence-electron chi connectivity index (χ1n) is 5.18. The van der Waals surface area contributed by atoms with Gasteiger partial charge in [0.25, 0.3) is 0 Å². The van der Waals surface area contributed by atoms with Crippen LogP contribution in [0.15, 0.2) is 23.1 Å². The van der Waals surface area contributed by atoms with Crippen LogP contribution < -0.4 is 15.8 Å². The van der Waals surface area contributed by atoms with Crippen molar-refractivity contribution < 1.29 is 17.6 Å². The molecule has 18 heavy (non-hydrogen) atoms. The molecule has 0 unspecified atom stereocenters. The van der Waals surface area contributed by atoms with Crippen LogP contribution in [0, 0.1) is 5.82 Å². The predicted molar refractivity (Wildman–Crippen MR) is 64.7 cm³/mol. The van der Waals surface area contributed by atoms with Gasteiger partial charge in [0.05, 0.1) is 6.54 Å². The van der Waals surface area contributed by atoms with Gasteiger partial charge in [0, 0.05) is 12.2 Å². The van der Waals surface area contributed by atoms with Crippen molar-refractivity contribution in [2.75, 3.05) is 18.8 Å². The number of nitrogen functional groups attached to an aromatic ring is 1. The molecule has 0 bridgehead atoms. The average molecular weight is 275 g/mol. The Morgan fingerprint density at radius 3 is 2.67 bits per heavy atom. The highest BCUT2D eigenvalue weighted by atomic mass is 32.2. The van der Waals surface area contributed by atoms with Gasteiger partial charge in [-0.3, -0.25) is 4.79 Å². The van der Waals surface area contributed by atoms with Gasteiger partial charge in [-0.05, 0) is 25.1 Å². The first-order valence-corrected chi connectivity index (χ1v) is 6.66. The molecule has 0 aliphatic rings. The number of hydrogen-bond donors (Lipinski definition) is 3. The van der Waals surface area contributed by atoms with E-state index in [1.165, 1.54) is 6.07 Å². The Morgan fingerprint density at radius 2 is 2.11 bits per heavy atom. The summed E-state index contributed by atoms with van der Waals surface area (Å²) in [6.45, 7) is 1.64. The normalized spacial score (nSPS) is 11.2. The second-order valence-corrected chi connectivity index (χ2v) is 5.20. The van der Waals surface area contributed by atoms with E-state index in [1.54, 1.807) is 6.92 Å². The van der Waals surface area contributed by atoms with Crippen molar-refractivity contribution in [3.8, 4) is 0 Å². The van der Waals surface area contributed by atoms with Gasteiger partial charge < -0.3 is 11.1 Å². The number of benzene rings is 1. The third-order valence-electron chi connectivity index (χ3n) is 2.04. The Morgan fingerprint density at radius 1 is 1.44 bits per heavy atom. The maximum Gasteiger partial charge on any atom is 0.243 e. The molecule has 0 radical (unpaired) electrons. The van der Waals surface area contributed by atoms with Crippen LogP contribution in [-0.2, 0) is 14.8 Å². The number of amides is 1. The first-order chi connectivity index (χ1) is 8.36. The van der Waals surface area contributed by atoms with Crippen LogP contribution in [0.25, 0.3) is 0 Å². The summed E-state index contributed by atoms with van der Waals surface area (Å²) in [7, 11) is -4.06. The van der Waals surface area contributed by atoms with Gasteiger partial charge in [-0.15, -0.1) is 0 Å². The number of nitrogens with two attached hydrogens (primary N) is 1. The van der Waals surface area contributed by atoms with E-state index in [1.807, 2.05) is 4.72 Å². The summed E-state index contributed by atoms with van der Waals surface area (Å²) in [6.07, 6.45) is 0. The fourth-order valence-electron chi connectivity index (χ4n) is 1.23. The Labute approximate surface area is 104 Å². The molecule has 0 aliphatic heterocycles. The molecule has 8 heteroatoms. The molecule has 1 aromatic rings. The predicted octanol–water partition coefficient (Wildman–Crippen LogP) is -0.178. The second kappa shape index (κ2) is 5.78. The molecular weight excluding hydrogens is 261 g/mol. The molecule has 0 aliphatic carbocycles. The van der Waals surface area contributed by atoms with E-state index in [0.717, 1.165) is 12.1 Å². The summed E-state index contributed by atoms with van der Waals surface area (Å²) >= 11 is 0. The summed E-state index contributed by atoms with van der Waals surface area (Å²) in [5.74, 6) is -1.45. The van der Waals surface area contributed by atoms with E-state index in [0.29, 0.717) is 6.54 Å². The molecule has 100 valence electrons. The van der Waals surface area contributed by atoms with Crippen molar-refractivity contribution in [1.29, 1.82) is 0 Å². The molecule has 0 aromatic heterocycles. The Hall–Kier alpha value is -1.67. The Bertz CT molecular complexity index is 545. The molecule has 1 aromatic carbocycles. The number of likely N-dealkylation sites (N-methyl/N-ethyl adjacent to an activating group) is 1. The second-order valence-electron chi connectivity index (χ2n) is 3.47. The molecule has 0 spiro atoms. The van der Waals surface area contributed by atoms with Crippen LogP contribution in [-0.4, -0.2) is 27.4 Å². The van der Waals surface area contributed by atoms with Gasteiger partial charge in [-0.1, -0.05) is 0 Å². The van der Waals surface area contributed by atoms with Crippen molar-refractivity contribution in [3.63, 3.8) is 0 Å². The van der Waals surface area contributed by atoms with Crippen molar-refractivity contribution in [1.82, 2.24) is 10.0 Å². The van der Waals surface area contributed by atoms with Crippen molar-refractivity contribution in [3.05, 3.63) is 24.0 Å².